The van der Waals surface area contributed by atoms with E-state index in [1.165, 1.54) is 0 Å². The van der Waals surface area contributed by atoms with E-state index in [0.29, 0.717) is 22.2 Å². The molecule has 0 bridgehead atoms. The van der Waals surface area contributed by atoms with Gasteiger partial charge in [0.05, 0.1) is 36.9 Å². The fourth-order valence-corrected chi connectivity index (χ4v) is 3.07. The molecule has 0 aliphatic rings. The van der Waals surface area contributed by atoms with Gasteiger partial charge in [0.15, 0.2) is 11.5 Å². The van der Waals surface area contributed by atoms with Gasteiger partial charge in [-0.25, -0.2) is 4.98 Å². The number of pyridine rings is 1. The molecule has 0 saturated heterocycles. The number of esters is 1. The fourth-order valence-electron chi connectivity index (χ4n) is 2.87. The number of ether oxygens (including phenoxy) is 3. The van der Waals surface area contributed by atoms with E-state index in [9.17, 15) is 4.79 Å². The van der Waals surface area contributed by atoms with Crippen LogP contribution < -0.4 is 9.47 Å². The molecule has 1 heterocycles. The van der Waals surface area contributed by atoms with Crippen molar-refractivity contribution in [1.82, 2.24) is 4.98 Å². The number of carbonyl (C=O) groups is 1. The average molecular weight is 386 g/mol. The monoisotopic (exact) mass is 385 g/mol. The average Bonchev–Trinajstić information content (AvgIpc) is 2.69. The third-order valence-electron chi connectivity index (χ3n) is 4.31. The highest BCUT2D eigenvalue weighted by Gasteiger charge is 2.14. The molecule has 6 heteroatoms. The standard InChI is InChI=1S/C21H20ClNO4/c1-13-15-6-4-5-7-16(15)23-17(21(13)22)12-27-20(24)11-14-8-9-18(25-2)19(10-14)26-3/h4-10H,11-12H2,1-3H3. The normalized spacial score (nSPS) is 10.7. The van der Waals surface area contributed by atoms with Gasteiger partial charge in [-0.2, -0.15) is 0 Å². The zero-order valence-corrected chi connectivity index (χ0v) is 16.2. The van der Waals surface area contributed by atoms with E-state index in [4.69, 9.17) is 25.8 Å². The largest absolute Gasteiger partial charge is 0.493 e. The summed E-state index contributed by atoms with van der Waals surface area (Å²) in [4.78, 5) is 16.8. The van der Waals surface area contributed by atoms with Crippen LogP contribution in [0.3, 0.4) is 0 Å². The maximum Gasteiger partial charge on any atom is 0.310 e. The molecule has 27 heavy (non-hydrogen) atoms. The van der Waals surface area contributed by atoms with E-state index in [2.05, 4.69) is 4.98 Å². The molecule has 0 aliphatic carbocycles. The highest BCUT2D eigenvalue weighted by atomic mass is 35.5. The molecule has 0 unspecified atom stereocenters. The van der Waals surface area contributed by atoms with E-state index >= 15 is 0 Å². The van der Waals surface area contributed by atoms with Crippen LogP contribution in [0.5, 0.6) is 11.5 Å². The lowest BCUT2D eigenvalue weighted by molar-refractivity contribution is -0.144. The summed E-state index contributed by atoms with van der Waals surface area (Å²) < 4.78 is 15.8. The molecule has 3 rings (SSSR count). The summed E-state index contributed by atoms with van der Waals surface area (Å²) in [5.41, 5.74) is 3.07. The summed E-state index contributed by atoms with van der Waals surface area (Å²) in [7, 11) is 3.11. The molecule has 2 aromatic carbocycles. The fraction of sp³-hybridized carbons (Fsp3) is 0.238. The molecule has 0 fully saturated rings. The number of rotatable bonds is 6. The minimum atomic E-state index is -0.370. The van der Waals surface area contributed by atoms with Crippen LogP contribution in [0.25, 0.3) is 10.9 Å². The number of benzene rings is 2. The molecule has 5 nitrogen and oxygen atoms in total. The lowest BCUT2D eigenvalue weighted by atomic mass is 10.1. The van der Waals surface area contributed by atoms with Gasteiger partial charge in [-0.1, -0.05) is 35.9 Å². The molecular weight excluding hydrogens is 366 g/mol. The summed E-state index contributed by atoms with van der Waals surface area (Å²) in [6, 6.07) is 13.0. The van der Waals surface area contributed by atoms with Crippen LogP contribution in [0, 0.1) is 6.92 Å². The number of carbonyl (C=O) groups excluding carboxylic acids is 1. The van der Waals surface area contributed by atoms with E-state index in [1.54, 1.807) is 32.4 Å². The Hall–Kier alpha value is -2.79. The van der Waals surface area contributed by atoms with Crippen LogP contribution >= 0.6 is 11.6 Å². The van der Waals surface area contributed by atoms with Crippen molar-refractivity contribution in [1.29, 1.82) is 0 Å². The minimum absolute atomic E-state index is 0.0244. The molecular formula is C21H20ClNO4. The number of methoxy groups -OCH3 is 2. The second-order valence-corrected chi connectivity index (χ2v) is 6.42. The van der Waals surface area contributed by atoms with Gasteiger partial charge in [-0.3, -0.25) is 4.79 Å². The van der Waals surface area contributed by atoms with Gasteiger partial charge in [0.25, 0.3) is 0 Å². The first-order valence-electron chi connectivity index (χ1n) is 8.43. The first-order valence-corrected chi connectivity index (χ1v) is 8.81. The van der Waals surface area contributed by atoms with Crippen LogP contribution in [0.4, 0.5) is 0 Å². The quantitative estimate of drug-likeness (QED) is 0.585. The third-order valence-corrected chi connectivity index (χ3v) is 4.81. The van der Waals surface area contributed by atoms with Gasteiger partial charge in [-0.05, 0) is 36.2 Å². The predicted molar refractivity (Wildman–Crippen MR) is 105 cm³/mol. The van der Waals surface area contributed by atoms with Crippen molar-refractivity contribution in [3.8, 4) is 11.5 Å². The second kappa shape index (κ2) is 8.27. The Morgan fingerprint density at radius 2 is 1.81 bits per heavy atom. The smallest absolute Gasteiger partial charge is 0.310 e. The molecule has 0 saturated carbocycles. The van der Waals surface area contributed by atoms with Gasteiger partial charge in [0, 0.05) is 5.39 Å². The van der Waals surface area contributed by atoms with Crippen LogP contribution in [0.15, 0.2) is 42.5 Å². The Labute approximate surface area is 162 Å². The van der Waals surface area contributed by atoms with Crippen LogP contribution in [0.2, 0.25) is 5.02 Å². The maximum atomic E-state index is 12.2. The Bertz CT molecular complexity index is 987. The number of hydrogen-bond acceptors (Lipinski definition) is 5. The number of halogens is 1. The van der Waals surface area contributed by atoms with Crippen molar-refractivity contribution >= 4 is 28.5 Å². The summed E-state index contributed by atoms with van der Waals surface area (Å²) in [5, 5.41) is 1.51. The van der Waals surface area contributed by atoms with Gasteiger partial charge in [0.1, 0.15) is 6.61 Å². The molecule has 0 spiro atoms. The Morgan fingerprint density at radius 1 is 1.07 bits per heavy atom. The number of hydrogen-bond donors (Lipinski definition) is 0. The first kappa shape index (κ1) is 19.0. The van der Waals surface area contributed by atoms with Crippen molar-refractivity contribution in [3.05, 3.63) is 64.3 Å². The van der Waals surface area contributed by atoms with E-state index in [-0.39, 0.29) is 19.0 Å². The molecule has 0 radical (unpaired) electrons. The zero-order valence-electron chi connectivity index (χ0n) is 15.4. The Balaban J connectivity index is 1.71. The molecule has 3 aromatic rings. The highest BCUT2D eigenvalue weighted by Crippen LogP contribution is 2.29. The number of para-hydroxylation sites is 1. The molecule has 0 amide bonds. The van der Waals surface area contributed by atoms with Crippen molar-refractivity contribution < 1.29 is 19.0 Å². The van der Waals surface area contributed by atoms with Crippen LogP contribution in [-0.4, -0.2) is 25.2 Å². The molecule has 0 atom stereocenters. The zero-order chi connectivity index (χ0) is 19.4. The number of aryl methyl sites for hydroxylation is 1. The van der Waals surface area contributed by atoms with E-state index < -0.39 is 0 Å². The van der Waals surface area contributed by atoms with Gasteiger partial charge >= 0.3 is 5.97 Å². The highest BCUT2D eigenvalue weighted by molar-refractivity contribution is 6.32. The topological polar surface area (TPSA) is 57.7 Å². The summed E-state index contributed by atoms with van der Waals surface area (Å²) in [6.07, 6.45) is 0.116. The molecule has 0 N–H and O–H groups in total. The summed E-state index contributed by atoms with van der Waals surface area (Å²) >= 11 is 6.40. The second-order valence-electron chi connectivity index (χ2n) is 6.04. The third kappa shape index (κ3) is 4.14. The molecule has 140 valence electrons. The summed E-state index contributed by atoms with van der Waals surface area (Å²) in [5.74, 6) is 0.806. The van der Waals surface area contributed by atoms with Crippen molar-refractivity contribution in [3.63, 3.8) is 0 Å². The minimum Gasteiger partial charge on any atom is -0.493 e. The van der Waals surface area contributed by atoms with Crippen molar-refractivity contribution in [2.45, 2.75) is 20.0 Å². The van der Waals surface area contributed by atoms with Crippen LogP contribution in [-0.2, 0) is 22.6 Å². The van der Waals surface area contributed by atoms with E-state index in [0.717, 1.165) is 22.0 Å². The van der Waals surface area contributed by atoms with Crippen LogP contribution in [0.1, 0.15) is 16.8 Å². The number of fused-ring (bicyclic) bond motifs is 1. The van der Waals surface area contributed by atoms with E-state index in [1.807, 2.05) is 31.2 Å². The Kier molecular flexibility index (Phi) is 5.81. The molecule has 0 aliphatic heterocycles. The predicted octanol–water partition coefficient (Wildman–Crippen LogP) is 4.50. The Morgan fingerprint density at radius 3 is 2.56 bits per heavy atom. The lowest BCUT2D eigenvalue weighted by Gasteiger charge is -2.11. The van der Waals surface area contributed by atoms with Gasteiger partial charge < -0.3 is 14.2 Å². The maximum absolute atomic E-state index is 12.2. The lowest BCUT2D eigenvalue weighted by Crippen LogP contribution is -2.09. The number of nitrogens with zero attached hydrogens (tertiary/aromatic N) is 1. The summed E-state index contributed by atoms with van der Waals surface area (Å²) in [6.45, 7) is 1.96. The van der Waals surface area contributed by atoms with Gasteiger partial charge in [0.2, 0.25) is 0 Å². The van der Waals surface area contributed by atoms with Gasteiger partial charge in [-0.15, -0.1) is 0 Å². The van der Waals surface area contributed by atoms with Crippen molar-refractivity contribution in [2.24, 2.45) is 0 Å². The van der Waals surface area contributed by atoms with Crippen molar-refractivity contribution in [2.75, 3.05) is 14.2 Å². The SMILES string of the molecule is COc1ccc(CC(=O)OCc2nc3ccccc3c(C)c2Cl)cc1OC. The number of aromatic nitrogens is 1. The first-order chi connectivity index (χ1) is 13.0. The molecule has 1 aromatic heterocycles.